The maximum Gasteiger partial charge on any atom is 0.430 e. The van der Waals surface area contributed by atoms with Crippen molar-refractivity contribution in [3.05, 3.63) is 0 Å². The number of hydrogen-bond acceptors (Lipinski definition) is 16. The Morgan fingerprint density at radius 1 is 0.791 bits per heavy atom. The maximum atomic E-state index is 13.6. The number of carbonyl (C=O) groups excluding carboxylic acids is 10. The number of aliphatic hydroxyl groups is 3. The lowest BCUT2D eigenvalue weighted by molar-refractivity contribution is -0.414. The summed E-state index contributed by atoms with van der Waals surface area (Å²) in [5.74, 6) is -11.3. The van der Waals surface area contributed by atoms with E-state index in [0.29, 0.717) is 19.4 Å². The molecule has 1 saturated heterocycles. The van der Waals surface area contributed by atoms with Gasteiger partial charge in [0.2, 0.25) is 22.8 Å². The summed E-state index contributed by atoms with van der Waals surface area (Å²) in [7, 11) is 0. The molecule has 0 aromatic rings. The van der Waals surface area contributed by atoms with Gasteiger partial charge in [0.1, 0.15) is 30.1 Å². The highest BCUT2D eigenvalue weighted by Gasteiger charge is 2.39. The Bertz CT molecular complexity index is 1710. The molecular weight excluding hydrogens is 916 g/mol. The summed E-state index contributed by atoms with van der Waals surface area (Å²) in [4.78, 5) is 128. The van der Waals surface area contributed by atoms with Gasteiger partial charge in [0, 0.05) is 55.2 Å². The Kier molecular flexibility index (Phi) is 28.0. The number of halogens is 3. The fourth-order valence-electron chi connectivity index (χ4n) is 6.70. The SMILES string of the molecule is CCOC(=O)CCSC(=O)[C@@H]1CCCN1C(=O)[C@H](C)CC(=O)[C@H](CO)NC(=O)[C@@H](CC(=O)[C@@H](NC(=O)[C@H](CC)CC(=O)[C@@H](NC(=O)[C@@H]([NH3+])C(C)C)C(C)O)C(C)O)C(C)C.O=C([O-])C(F)(F)F. The van der Waals surface area contributed by atoms with E-state index in [1.807, 2.05) is 0 Å². The summed E-state index contributed by atoms with van der Waals surface area (Å²) < 4.78 is 36.4. The van der Waals surface area contributed by atoms with Gasteiger partial charge in [-0.05, 0) is 46.0 Å². The van der Waals surface area contributed by atoms with E-state index >= 15 is 0 Å². The molecule has 24 heteroatoms. The summed E-state index contributed by atoms with van der Waals surface area (Å²) in [6, 6.07) is -5.63. The molecule has 1 rings (SSSR count). The van der Waals surface area contributed by atoms with Crippen molar-refractivity contribution in [2.75, 3.05) is 25.5 Å². The molecule has 0 saturated carbocycles. The number of alkyl halides is 3. The number of carbonyl (C=O) groups is 10. The molecule has 0 aliphatic carbocycles. The number of aliphatic hydroxyl groups excluding tert-OH is 3. The van der Waals surface area contributed by atoms with Gasteiger partial charge in [-0.25, -0.2) is 0 Å². The van der Waals surface area contributed by atoms with Crippen molar-refractivity contribution in [1.82, 2.24) is 20.9 Å². The molecule has 0 spiro atoms. The second-order valence-corrected chi connectivity index (χ2v) is 18.2. The molecule has 1 heterocycles. The minimum absolute atomic E-state index is 0.0452. The van der Waals surface area contributed by atoms with Gasteiger partial charge in [-0.2, -0.15) is 13.2 Å². The van der Waals surface area contributed by atoms with Crippen molar-refractivity contribution >= 4 is 69.8 Å². The molecule has 0 radical (unpaired) electrons. The second-order valence-electron chi connectivity index (χ2n) is 17.1. The van der Waals surface area contributed by atoms with Crippen LogP contribution in [0.5, 0.6) is 0 Å². The van der Waals surface area contributed by atoms with Crippen LogP contribution < -0.4 is 26.8 Å². The first kappa shape index (κ1) is 62.5. The molecule has 20 nitrogen and oxygen atoms in total. The molecule has 10 atom stereocenters. The number of Topliss-reactive ketones (excluding diaryl/α,β-unsaturated/α-hetero) is 3. The first-order valence-corrected chi connectivity index (χ1v) is 23.2. The summed E-state index contributed by atoms with van der Waals surface area (Å²) in [5.41, 5.74) is 3.79. The number of amides is 4. The first-order chi connectivity index (χ1) is 31.0. The maximum absolute atomic E-state index is 13.6. The lowest BCUT2D eigenvalue weighted by Gasteiger charge is -2.28. The van der Waals surface area contributed by atoms with E-state index in [0.717, 1.165) is 11.8 Å². The number of nitrogens with zero attached hydrogens (tertiary/aromatic N) is 1. The summed E-state index contributed by atoms with van der Waals surface area (Å²) in [6.07, 6.45) is -7.93. The first-order valence-electron chi connectivity index (χ1n) is 22.2. The van der Waals surface area contributed by atoms with Crippen LogP contribution in [0.3, 0.4) is 0 Å². The molecule has 2 unspecified atom stereocenters. The molecule has 1 aliphatic rings. The number of carboxylic acids is 1. The predicted octanol–water partition coefficient (Wildman–Crippen LogP) is -1.22. The van der Waals surface area contributed by atoms with Crippen LogP contribution >= 0.6 is 11.8 Å². The van der Waals surface area contributed by atoms with Crippen LogP contribution in [-0.4, -0.2) is 152 Å². The van der Waals surface area contributed by atoms with E-state index in [1.165, 1.54) is 25.7 Å². The van der Waals surface area contributed by atoms with Crippen LogP contribution in [-0.2, 0) is 52.7 Å². The third-order valence-electron chi connectivity index (χ3n) is 11.0. The predicted molar refractivity (Wildman–Crippen MR) is 232 cm³/mol. The molecular formula is C43H70F3N5O15S. The van der Waals surface area contributed by atoms with Crippen molar-refractivity contribution in [2.45, 2.75) is 156 Å². The number of likely N-dealkylation sites (tertiary alicyclic amines) is 1. The number of nitrogens with one attached hydrogen (secondary N) is 3. The number of rotatable bonds is 27. The summed E-state index contributed by atoms with van der Waals surface area (Å²) in [6.45, 7) is 14.0. The fraction of sp³-hybridized carbons (Fsp3) is 0.767. The number of ketones is 3. The summed E-state index contributed by atoms with van der Waals surface area (Å²) >= 11 is 0.941. The number of thioether (sulfide) groups is 1. The van der Waals surface area contributed by atoms with Crippen LogP contribution in [0.2, 0.25) is 0 Å². The number of ether oxygens (including phenoxy) is 1. The van der Waals surface area contributed by atoms with Crippen LogP contribution in [0.4, 0.5) is 13.2 Å². The monoisotopic (exact) mass is 985 g/mol. The van der Waals surface area contributed by atoms with E-state index in [-0.39, 0.29) is 42.7 Å². The molecule has 1 fully saturated rings. The van der Waals surface area contributed by atoms with Gasteiger partial charge in [-0.3, -0.25) is 43.2 Å². The Balaban J connectivity index is 0.00000572. The second kappa shape index (κ2) is 30.1. The molecule has 1 aliphatic heterocycles. The lowest BCUT2D eigenvalue weighted by atomic mass is 9.86. The van der Waals surface area contributed by atoms with E-state index in [4.69, 9.17) is 14.6 Å². The molecule has 0 bridgehead atoms. The standard InChI is InChI=1S/C41H69N5O13S.C2HF3O2/c1-10-26(18-31(51)35(24(8)48)45-39(56)34(42)22(5)6)37(54)44-36(25(9)49)32(52)19-27(21(3)4)38(55)43-28(20-47)30(50)17-23(7)40(57)46-15-12-13-29(46)41(58)60-16-14-33(53)59-11-2;3-2(4,5)1(6)7/h21-29,34-36,47-49H,10-20,42H2,1-9H3,(H,43,55)(H,44,54)(H,45,56);(H,6,7)/t23-,24?,25?,26-,27+,28+,29+,34+,35+,36+;/m1./s1. The van der Waals surface area contributed by atoms with Crippen LogP contribution in [0, 0.1) is 29.6 Å². The third kappa shape index (κ3) is 21.5. The number of hydrogen-bond donors (Lipinski definition) is 7. The Hall–Kier alpha value is -4.52. The Labute approximate surface area is 392 Å². The molecule has 4 amide bonds. The Morgan fingerprint density at radius 3 is 1.76 bits per heavy atom. The molecule has 384 valence electrons. The van der Waals surface area contributed by atoms with E-state index in [2.05, 4.69) is 21.7 Å². The van der Waals surface area contributed by atoms with Gasteiger partial charge in [0.15, 0.2) is 23.4 Å². The number of quaternary nitrogens is 1. The topological polar surface area (TPSA) is 331 Å². The average molecular weight is 986 g/mol. The zero-order chi connectivity index (χ0) is 52.1. The number of aliphatic carboxylic acids is 1. The van der Waals surface area contributed by atoms with Gasteiger partial charge in [0.25, 0.3) is 5.91 Å². The van der Waals surface area contributed by atoms with Gasteiger partial charge in [-0.1, -0.05) is 53.3 Å². The zero-order valence-corrected chi connectivity index (χ0v) is 40.5. The van der Waals surface area contributed by atoms with Crippen molar-refractivity contribution < 1.29 is 92.0 Å². The van der Waals surface area contributed by atoms with Gasteiger partial charge < -0.3 is 56.5 Å². The van der Waals surface area contributed by atoms with E-state index in [1.54, 1.807) is 41.5 Å². The average Bonchev–Trinajstić information content (AvgIpc) is 3.73. The normalized spacial score (nSPS) is 17.8. The van der Waals surface area contributed by atoms with Gasteiger partial charge in [0.05, 0.1) is 31.8 Å². The van der Waals surface area contributed by atoms with Gasteiger partial charge >= 0.3 is 12.1 Å². The summed E-state index contributed by atoms with van der Waals surface area (Å²) in [5, 5.41) is 47.0. The van der Waals surface area contributed by atoms with Crippen LogP contribution in [0.25, 0.3) is 0 Å². The number of esters is 1. The smallest absolute Gasteiger partial charge is 0.430 e. The minimum atomic E-state index is -5.19. The highest BCUT2D eigenvalue weighted by molar-refractivity contribution is 8.13. The van der Waals surface area contributed by atoms with Crippen molar-refractivity contribution in [3.8, 4) is 0 Å². The van der Waals surface area contributed by atoms with E-state index in [9.17, 15) is 71.6 Å². The number of carboxylic acid groups (broad SMARTS) is 1. The minimum Gasteiger partial charge on any atom is -0.542 e. The quantitative estimate of drug-likeness (QED) is 0.0474. The highest BCUT2D eigenvalue weighted by atomic mass is 32.2. The fourth-order valence-corrected chi connectivity index (χ4v) is 7.61. The van der Waals surface area contributed by atoms with E-state index < -0.39 is 145 Å². The molecule has 0 aromatic carbocycles. The third-order valence-corrected chi connectivity index (χ3v) is 11.9. The molecule has 0 aromatic heterocycles. The molecule has 67 heavy (non-hydrogen) atoms. The Morgan fingerprint density at radius 2 is 1.31 bits per heavy atom. The van der Waals surface area contributed by atoms with Crippen molar-refractivity contribution in [2.24, 2.45) is 29.6 Å². The zero-order valence-electron chi connectivity index (χ0n) is 39.6. The van der Waals surface area contributed by atoms with Crippen molar-refractivity contribution in [3.63, 3.8) is 0 Å². The van der Waals surface area contributed by atoms with Crippen LogP contribution in [0.1, 0.15) is 107 Å². The lowest BCUT2D eigenvalue weighted by Crippen LogP contribution is -2.71. The van der Waals surface area contributed by atoms with Crippen molar-refractivity contribution in [1.29, 1.82) is 0 Å². The van der Waals surface area contributed by atoms with Gasteiger partial charge in [-0.15, -0.1) is 0 Å². The van der Waals surface area contributed by atoms with Crippen LogP contribution in [0.15, 0.2) is 0 Å². The largest absolute Gasteiger partial charge is 0.542 e. The molecule has 9 N–H and O–H groups in total. The highest BCUT2D eigenvalue weighted by Crippen LogP contribution is 2.26.